The first-order chi connectivity index (χ1) is 9.54. The van der Waals surface area contributed by atoms with E-state index in [1.165, 1.54) is 6.07 Å². The van der Waals surface area contributed by atoms with Crippen molar-refractivity contribution in [2.75, 3.05) is 0 Å². The second-order valence-corrected chi connectivity index (χ2v) is 6.06. The van der Waals surface area contributed by atoms with Gasteiger partial charge in [0.1, 0.15) is 17.7 Å². The van der Waals surface area contributed by atoms with Gasteiger partial charge >= 0.3 is 0 Å². The average molecular weight is 336 g/mol. The van der Waals surface area contributed by atoms with Gasteiger partial charge in [-0.05, 0) is 42.3 Å². The van der Waals surface area contributed by atoms with E-state index in [0.29, 0.717) is 12.0 Å². The fourth-order valence-electron chi connectivity index (χ4n) is 2.49. The quantitative estimate of drug-likeness (QED) is 0.837. The smallest absolute Gasteiger partial charge is 0.126 e. The highest BCUT2D eigenvalue weighted by atomic mass is 79.9. The number of hydrogen-bond acceptors (Lipinski definition) is 2. The molecule has 2 N–H and O–H groups in total. The van der Waals surface area contributed by atoms with Crippen LogP contribution in [-0.4, -0.2) is 0 Å². The van der Waals surface area contributed by atoms with Crippen LogP contribution >= 0.6 is 15.9 Å². The van der Waals surface area contributed by atoms with E-state index in [9.17, 15) is 4.39 Å². The van der Waals surface area contributed by atoms with E-state index in [-0.39, 0.29) is 18.0 Å². The van der Waals surface area contributed by atoms with Gasteiger partial charge in [0.2, 0.25) is 0 Å². The Morgan fingerprint density at radius 3 is 2.80 bits per heavy atom. The minimum absolute atomic E-state index is 0.106. The lowest BCUT2D eigenvalue weighted by Crippen LogP contribution is -2.24. The summed E-state index contributed by atoms with van der Waals surface area (Å²) in [5, 5.41) is 0. The summed E-state index contributed by atoms with van der Waals surface area (Å²) in [7, 11) is 0. The van der Waals surface area contributed by atoms with Crippen LogP contribution < -0.4 is 10.5 Å². The molecule has 1 heterocycles. The topological polar surface area (TPSA) is 35.2 Å². The van der Waals surface area contributed by atoms with E-state index in [1.807, 2.05) is 24.3 Å². The first-order valence-electron chi connectivity index (χ1n) is 6.52. The third-order valence-corrected chi connectivity index (χ3v) is 4.17. The predicted molar refractivity (Wildman–Crippen MR) is 80.2 cm³/mol. The first kappa shape index (κ1) is 13.6. The minimum Gasteiger partial charge on any atom is -0.485 e. The third kappa shape index (κ3) is 2.45. The molecule has 0 radical (unpaired) electrons. The summed E-state index contributed by atoms with van der Waals surface area (Å²) in [5.41, 5.74) is 8.67. The van der Waals surface area contributed by atoms with Gasteiger partial charge in [-0.15, -0.1) is 0 Å². The van der Waals surface area contributed by atoms with Crippen LogP contribution in [0.4, 0.5) is 4.39 Å². The number of benzene rings is 2. The molecule has 3 rings (SSSR count). The zero-order chi connectivity index (χ0) is 14.3. The second-order valence-electron chi connectivity index (χ2n) is 5.14. The van der Waals surface area contributed by atoms with Crippen LogP contribution in [0.2, 0.25) is 0 Å². The Morgan fingerprint density at radius 1 is 1.25 bits per heavy atom. The summed E-state index contributed by atoms with van der Waals surface area (Å²) in [5.74, 6) is 0.569. The molecule has 0 saturated heterocycles. The van der Waals surface area contributed by atoms with Crippen molar-refractivity contribution in [2.24, 2.45) is 5.73 Å². The zero-order valence-corrected chi connectivity index (χ0v) is 12.7. The van der Waals surface area contributed by atoms with Crippen LogP contribution in [0.25, 0.3) is 0 Å². The maximum Gasteiger partial charge on any atom is 0.126 e. The number of halogens is 2. The van der Waals surface area contributed by atoms with Crippen molar-refractivity contribution in [2.45, 2.75) is 25.5 Å². The molecule has 0 saturated carbocycles. The Bertz CT molecular complexity index is 659. The monoisotopic (exact) mass is 335 g/mol. The van der Waals surface area contributed by atoms with Crippen LogP contribution in [0.5, 0.6) is 5.75 Å². The molecule has 0 fully saturated rings. The van der Waals surface area contributed by atoms with Gasteiger partial charge in [-0.25, -0.2) is 4.39 Å². The van der Waals surface area contributed by atoms with E-state index >= 15 is 0 Å². The maximum atomic E-state index is 13.7. The maximum absolute atomic E-state index is 13.7. The Labute approximate surface area is 125 Å². The van der Waals surface area contributed by atoms with E-state index in [0.717, 1.165) is 21.3 Å². The van der Waals surface area contributed by atoms with E-state index in [1.54, 1.807) is 13.0 Å². The van der Waals surface area contributed by atoms with Gasteiger partial charge in [0.25, 0.3) is 0 Å². The lowest BCUT2D eigenvalue weighted by atomic mass is 9.93. The van der Waals surface area contributed by atoms with Crippen molar-refractivity contribution >= 4 is 15.9 Å². The fraction of sp³-hybridized carbons (Fsp3) is 0.250. The summed E-state index contributed by atoms with van der Waals surface area (Å²) in [6, 6.07) is 10.9. The lowest BCUT2D eigenvalue weighted by Gasteiger charge is -2.30. The molecule has 1 aliphatic rings. The Balaban J connectivity index is 1.94. The van der Waals surface area contributed by atoms with Crippen molar-refractivity contribution in [3.63, 3.8) is 0 Å². The molecular weight excluding hydrogens is 321 g/mol. The second kappa shape index (κ2) is 5.19. The van der Waals surface area contributed by atoms with Gasteiger partial charge in [0.05, 0.1) is 0 Å². The highest BCUT2D eigenvalue weighted by Crippen LogP contribution is 2.40. The highest BCUT2D eigenvalue weighted by molar-refractivity contribution is 9.10. The molecule has 2 atom stereocenters. The number of nitrogens with two attached hydrogens (primary N) is 1. The number of fused-ring (bicyclic) bond motifs is 1. The van der Waals surface area contributed by atoms with Crippen LogP contribution in [0.15, 0.2) is 40.9 Å². The Kier molecular flexibility index (Phi) is 3.52. The summed E-state index contributed by atoms with van der Waals surface area (Å²) >= 11 is 3.43. The molecule has 0 aliphatic carbocycles. The molecule has 20 heavy (non-hydrogen) atoms. The fourth-order valence-corrected chi connectivity index (χ4v) is 2.87. The van der Waals surface area contributed by atoms with Crippen LogP contribution in [0.3, 0.4) is 0 Å². The SMILES string of the molecule is Cc1ccc(C2CC(N)c3cc(Br)ccc3O2)cc1F. The highest BCUT2D eigenvalue weighted by Gasteiger charge is 2.27. The Morgan fingerprint density at radius 2 is 2.05 bits per heavy atom. The molecule has 2 unspecified atom stereocenters. The van der Waals surface area contributed by atoms with Gasteiger partial charge in [0.15, 0.2) is 0 Å². The lowest BCUT2D eigenvalue weighted by molar-refractivity contribution is 0.161. The van der Waals surface area contributed by atoms with Gasteiger partial charge < -0.3 is 10.5 Å². The number of rotatable bonds is 1. The van der Waals surface area contributed by atoms with Gasteiger partial charge in [0, 0.05) is 22.5 Å². The predicted octanol–water partition coefficient (Wildman–Crippen LogP) is 4.42. The van der Waals surface area contributed by atoms with Crippen molar-refractivity contribution in [1.82, 2.24) is 0 Å². The average Bonchev–Trinajstić information content (AvgIpc) is 2.42. The third-order valence-electron chi connectivity index (χ3n) is 3.68. The van der Waals surface area contributed by atoms with E-state index in [4.69, 9.17) is 10.5 Å². The van der Waals surface area contributed by atoms with Crippen LogP contribution in [-0.2, 0) is 0 Å². The van der Waals surface area contributed by atoms with Crippen LogP contribution in [0.1, 0.15) is 35.3 Å². The van der Waals surface area contributed by atoms with E-state index in [2.05, 4.69) is 15.9 Å². The first-order valence-corrected chi connectivity index (χ1v) is 7.31. The zero-order valence-electron chi connectivity index (χ0n) is 11.1. The number of hydrogen-bond donors (Lipinski definition) is 1. The number of ether oxygens (including phenoxy) is 1. The number of aryl methyl sites for hydroxylation is 1. The molecule has 0 spiro atoms. The molecule has 104 valence electrons. The summed E-state index contributed by atoms with van der Waals surface area (Å²) in [6.45, 7) is 1.75. The standard InChI is InChI=1S/C16H15BrFNO/c1-9-2-3-10(6-13(9)18)16-8-14(19)12-7-11(17)4-5-15(12)20-16/h2-7,14,16H,8,19H2,1H3. The molecule has 1 aliphatic heterocycles. The Hall–Kier alpha value is -1.39. The molecule has 2 aromatic carbocycles. The van der Waals surface area contributed by atoms with Crippen molar-refractivity contribution in [3.8, 4) is 5.75 Å². The van der Waals surface area contributed by atoms with Crippen LogP contribution in [0, 0.1) is 12.7 Å². The van der Waals surface area contributed by atoms with Crippen molar-refractivity contribution in [3.05, 3.63) is 63.4 Å². The molecule has 0 aromatic heterocycles. The molecule has 0 amide bonds. The molecular formula is C16H15BrFNO. The van der Waals surface area contributed by atoms with Crippen molar-refractivity contribution < 1.29 is 9.13 Å². The summed E-state index contributed by atoms with van der Waals surface area (Å²) < 4.78 is 20.6. The van der Waals surface area contributed by atoms with Gasteiger partial charge in [-0.1, -0.05) is 28.1 Å². The minimum atomic E-state index is -0.207. The van der Waals surface area contributed by atoms with Gasteiger partial charge in [-0.3, -0.25) is 0 Å². The normalized spacial score (nSPS) is 21.2. The molecule has 4 heteroatoms. The molecule has 0 bridgehead atoms. The van der Waals surface area contributed by atoms with Crippen molar-refractivity contribution in [1.29, 1.82) is 0 Å². The summed E-state index contributed by atoms with van der Waals surface area (Å²) in [6.07, 6.45) is 0.445. The van der Waals surface area contributed by atoms with E-state index < -0.39 is 0 Å². The largest absolute Gasteiger partial charge is 0.485 e. The molecule has 2 nitrogen and oxygen atoms in total. The molecule has 2 aromatic rings. The van der Waals surface area contributed by atoms with Gasteiger partial charge in [-0.2, -0.15) is 0 Å². The summed E-state index contributed by atoms with van der Waals surface area (Å²) in [4.78, 5) is 0.